The highest BCUT2D eigenvalue weighted by atomic mass is 35.5. The highest BCUT2D eigenvalue weighted by Crippen LogP contribution is 2.40. The van der Waals surface area contributed by atoms with Gasteiger partial charge in [-0.05, 0) is 55.3 Å². The van der Waals surface area contributed by atoms with Crippen molar-refractivity contribution in [2.45, 2.75) is 39.5 Å². The Morgan fingerprint density at radius 1 is 1.12 bits per heavy atom. The molecule has 26 heavy (non-hydrogen) atoms. The topological polar surface area (TPSA) is 3.24 Å². The lowest BCUT2D eigenvalue weighted by Crippen LogP contribution is -2.34. The van der Waals surface area contributed by atoms with E-state index < -0.39 is 0 Å². The molecule has 0 aromatic heterocycles. The summed E-state index contributed by atoms with van der Waals surface area (Å²) in [4.78, 5) is 2.09. The summed E-state index contributed by atoms with van der Waals surface area (Å²) in [5.74, 6) is -0.262. The minimum atomic E-state index is -0.366. The van der Waals surface area contributed by atoms with Crippen molar-refractivity contribution in [1.29, 1.82) is 0 Å². The van der Waals surface area contributed by atoms with Gasteiger partial charge >= 0.3 is 0 Å². The molecule has 0 N–H and O–H groups in total. The molecule has 0 amide bonds. The lowest BCUT2D eigenvalue weighted by atomic mass is 9.80. The fourth-order valence-electron chi connectivity index (χ4n) is 3.04. The SMILES string of the molecule is C=C(CC)N(/C(=C\C)C(C)(C)c1ccc(Cl)c(Cl)c1)c1ccc(F)cc1. The van der Waals surface area contributed by atoms with E-state index in [4.69, 9.17) is 23.2 Å². The molecule has 0 radical (unpaired) electrons. The minimum absolute atomic E-state index is 0.262. The number of nitrogens with zero attached hydrogens (tertiary/aromatic N) is 1. The van der Waals surface area contributed by atoms with E-state index in [1.54, 1.807) is 12.1 Å². The van der Waals surface area contributed by atoms with Crippen LogP contribution in [-0.4, -0.2) is 0 Å². The van der Waals surface area contributed by atoms with Crippen LogP contribution in [-0.2, 0) is 5.41 Å². The summed E-state index contributed by atoms with van der Waals surface area (Å²) >= 11 is 12.3. The van der Waals surface area contributed by atoms with Gasteiger partial charge in [0.1, 0.15) is 5.82 Å². The first-order chi connectivity index (χ1) is 12.2. The highest BCUT2D eigenvalue weighted by Gasteiger charge is 2.31. The fourth-order valence-corrected chi connectivity index (χ4v) is 3.34. The summed E-state index contributed by atoms with van der Waals surface area (Å²) in [6.45, 7) is 12.5. The van der Waals surface area contributed by atoms with Crippen LogP contribution in [0.3, 0.4) is 0 Å². The molecule has 0 aliphatic heterocycles. The van der Waals surface area contributed by atoms with Crippen molar-refractivity contribution in [3.05, 3.63) is 87.9 Å². The number of hydrogen-bond donors (Lipinski definition) is 0. The van der Waals surface area contributed by atoms with Gasteiger partial charge in [0.15, 0.2) is 0 Å². The number of hydrogen-bond acceptors (Lipinski definition) is 1. The molecule has 0 saturated heterocycles. The van der Waals surface area contributed by atoms with E-state index in [-0.39, 0.29) is 11.2 Å². The largest absolute Gasteiger partial charge is 0.318 e. The Bertz CT molecular complexity index is 823. The molecule has 2 rings (SSSR count). The molecule has 1 nitrogen and oxygen atoms in total. The normalized spacial score (nSPS) is 12.2. The van der Waals surface area contributed by atoms with Gasteiger partial charge in [-0.1, -0.05) is 62.7 Å². The molecule has 0 aliphatic rings. The predicted octanol–water partition coefficient (Wildman–Crippen LogP) is 7.74. The first kappa shape index (κ1) is 20.5. The van der Waals surface area contributed by atoms with Gasteiger partial charge in [-0.3, -0.25) is 0 Å². The Kier molecular flexibility index (Phi) is 6.54. The number of halogens is 3. The third-order valence-corrected chi connectivity index (χ3v) is 5.34. The van der Waals surface area contributed by atoms with Gasteiger partial charge in [0.05, 0.1) is 10.0 Å². The smallest absolute Gasteiger partial charge is 0.123 e. The lowest BCUT2D eigenvalue weighted by Gasteiger charge is -2.39. The Morgan fingerprint density at radius 3 is 2.23 bits per heavy atom. The molecule has 0 spiro atoms. The van der Waals surface area contributed by atoms with Gasteiger partial charge in [0, 0.05) is 22.5 Å². The third-order valence-electron chi connectivity index (χ3n) is 4.61. The monoisotopic (exact) mass is 391 g/mol. The van der Waals surface area contributed by atoms with Crippen LogP contribution in [0, 0.1) is 5.82 Å². The zero-order valence-electron chi connectivity index (χ0n) is 15.6. The van der Waals surface area contributed by atoms with Crippen LogP contribution in [0.1, 0.15) is 39.7 Å². The van der Waals surface area contributed by atoms with Gasteiger partial charge in [0.2, 0.25) is 0 Å². The second-order valence-corrected chi connectivity index (χ2v) is 7.47. The third kappa shape index (κ3) is 4.13. The maximum atomic E-state index is 13.4. The molecule has 2 aromatic rings. The van der Waals surface area contributed by atoms with Crippen LogP contribution in [0.4, 0.5) is 10.1 Å². The van der Waals surface area contributed by atoms with Gasteiger partial charge in [-0.2, -0.15) is 0 Å². The molecule has 4 heteroatoms. The summed E-state index contributed by atoms with van der Waals surface area (Å²) in [7, 11) is 0. The standard InChI is InChI=1S/C22H24Cl2FN/c1-6-15(3)26(18-11-9-17(25)10-12-18)21(7-2)22(4,5)16-8-13-19(23)20(24)14-16/h7-14H,3,6H2,1-2,4-5H3/b21-7-. The van der Waals surface area contributed by atoms with Gasteiger partial charge in [-0.15, -0.1) is 0 Å². The summed E-state index contributed by atoms with van der Waals surface area (Å²) in [6, 6.07) is 12.1. The van der Waals surface area contributed by atoms with Gasteiger partial charge in [-0.25, -0.2) is 4.39 Å². The first-order valence-corrected chi connectivity index (χ1v) is 9.33. The Hall–Kier alpha value is -1.77. The van der Waals surface area contributed by atoms with Gasteiger partial charge in [0.25, 0.3) is 0 Å². The number of rotatable bonds is 6. The van der Waals surface area contributed by atoms with Crippen LogP contribution in [0.5, 0.6) is 0 Å². The highest BCUT2D eigenvalue weighted by molar-refractivity contribution is 6.42. The van der Waals surface area contributed by atoms with E-state index in [9.17, 15) is 4.39 Å². The lowest BCUT2D eigenvalue weighted by molar-refractivity contribution is 0.599. The first-order valence-electron chi connectivity index (χ1n) is 8.58. The number of anilines is 1. The van der Waals surface area contributed by atoms with Gasteiger partial charge < -0.3 is 4.90 Å². The van der Waals surface area contributed by atoms with Crippen molar-refractivity contribution >= 4 is 28.9 Å². The molecule has 0 atom stereocenters. The average Bonchev–Trinajstić information content (AvgIpc) is 2.61. The Balaban J connectivity index is 2.58. The van der Waals surface area contributed by atoms with Crippen molar-refractivity contribution in [2.75, 3.05) is 4.90 Å². The predicted molar refractivity (Wildman–Crippen MR) is 112 cm³/mol. The van der Waals surface area contributed by atoms with Crippen LogP contribution in [0.2, 0.25) is 10.0 Å². The van der Waals surface area contributed by atoms with Crippen LogP contribution < -0.4 is 4.90 Å². The zero-order chi connectivity index (χ0) is 19.5. The van der Waals surface area contributed by atoms with Crippen molar-refractivity contribution in [2.24, 2.45) is 0 Å². The van der Waals surface area contributed by atoms with Crippen LogP contribution in [0.15, 0.2) is 66.5 Å². The number of allylic oxidation sites excluding steroid dienone is 3. The van der Waals surface area contributed by atoms with E-state index in [2.05, 4.69) is 38.3 Å². The van der Waals surface area contributed by atoms with Crippen molar-refractivity contribution in [3.63, 3.8) is 0 Å². The van der Waals surface area contributed by atoms with E-state index in [1.807, 2.05) is 25.1 Å². The molecule has 0 aliphatic carbocycles. The molecule has 0 heterocycles. The summed E-state index contributed by atoms with van der Waals surface area (Å²) in [5.41, 5.74) is 3.51. The molecule has 0 saturated carbocycles. The van der Waals surface area contributed by atoms with Crippen molar-refractivity contribution in [1.82, 2.24) is 0 Å². The summed E-state index contributed by atoms with van der Waals surface area (Å²) < 4.78 is 13.4. The molecule has 2 aromatic carbocycles. The van der Waals surface area contributed by atoms with E-state index in [0.29, 0.717) is 10.0 Å². The van der Waals surface area contributed by atoms with Crippen molar-refractivity contribution in [3.8, 4) is 0 Å². The molecular formula is C22H24Cl2FN. The Morgan fingerprint density at radius 2 is 1.73 bits per heavy atom. The molecular weight excluding hydrogens is 368 g/mol. The molecule has 0 unspecified atom stereocenters. The average molecular weight is 392 g/mol. The second-order valence-electron chi connectivity index (χ2n) is 6.66. The molecule has 0 fully saturated rings. The van der Waals surface area contributed by atoms with Crippen LogP contribution >= 0.6 is 23.2 Å². The number of benzene rings is 2. The van der Waals surface area contributed by atoms with E-state index >= 15 is 0 Å². The second kappa shape index (κ2) is 8.28. The van der Waals surface area contributed by atoms with E-state index in [1.165, 1.54) is 12.1 Å². The summed E-state index contributed by atoms with van der Waals surface area (Å²) in [6.07, 6.45) is 2.83. The van der Waals surface area contributed by atoms with Crippen molar-refractivity contribution < 1.29 is 4.39 Å². The fraction of sp³-hybridized carbons (Fsp3) is 0.273. The molecule has 0 bridgehead atoms. The maximum Gasteiger partial charge on any atom is 0.123 e. The molecule has 138 valence electrons. The van der Waals surface area contributed by atoms with E-state index in [0.717, 1.165) is 29.1 Å². The summed E-state index contributed by atoms with van der Waals surface area (Å²) in [5, 5.41) is 1.05. The zero-order valence-corrected chi connectivity index (χ0v) is 17.1. The van der Waals surface area contributed by atoms with Crippen LogP contribution in [0.25, 0.3) is 0 Å². The maximum absolute atomic E-state index is 13.4. The minimum Gasteiger partial charge on any atom is -0.318 e. The Labute approximate surface area is 165 Å². The quantitative estimate of drug-likeness (QED) is 0.486.